The van der Waals surface area contributed by atoms with Crippen LogP contribution in [0.3, 0.4) is 0 Å². The zero-order chi connectivity index (χ0) is 17.6. The van der Waals surface area contributed by atoms with Crippen molar-refractivity contribution in [3.8, 4) is 0 Å². The van der Waals surface area contributed by atoms with Gasteiger partial charge in [-0.1, -0.05) is 0 Å². The van der Waals surface area contributed by atoms with E-state index in [4.69, 9.17) is 15.2 Å². The van der Waals surface area contributed by atoms with Gasteiger partial charge in [-0.2, -0.15) is 4.98 Å². The molecule has 1 aromatic heterocycles. The number of ether oxygens (including phenoxy) is 2. The molecule has 25 heavy (non-hydrogen) atoms. The number of amides is 1. The van der Waals surface area contributed by atoms with Gasteiger partial charge < -0.3 is 25.8 Å². The van der Waals surface area contributed by atoms with Crippen LogP contribution in [0.4, 0.5) is 11.8 Å². The van der Waals surface area contributed by atoms with Gasteiger partial charge in [-0.3, -0.25) is 4.79 Å². The Hall–Kier alpha value is -1.93. The van der Waals surface area contributed by atoms with Crippen LogP contribution in [0.1, 0.15) is 48.9 Å². The zero-order valence-corrected chi connectivity index (χ0v) is 14.7. The average molecular weight is 349 g/mol. The highest BCUT2D eigenvalue weighted by Crippen LogP contribution is 2.24. The minimum Gasteiger partial charge on any atom is -0.381 e. The number of methoxy groups -OCH3 is 1. The van der Waals surface area contributed by atoms with Gasteiger partial charge in [0.1, 0.15) is 5.82 Å². The molecule has 1 aliphatic carbocycles. The van der Waals surface area contributed by atoms with Crippen LogP contribution in [0.2, 0.25) is 0 Å². The summed E-state index contributed by atoms with van der Waals surface area (Å²) in [5, 5.41) is 6.71. The molecule has 1 amide bonds. The SMILES string of the molecule is CO[C@H]1CC[C@H](Nc2ncc(C(N)=O)c(NC3CCOCC3)n2)CC1. The molecule has 0 spiro atoms. The summed E-state index contributed by atoms with van der Waals surface area (Å²) in [6.45, 7) is 1.42. The quantitative estimate of drug-likeness (QED) is 0.714. The van der Waals surface area contributed by atoms with Crippen molar-refractivity contribution in [3.63, 3.8) is 0 Å². The van der Waals surface area contributed by atoms with E-state index in [1.807, 2.05) is 0 Å². The first-order valence-electron chi connectivity index (χ1n) is 8.96. The Morgan fingerprint density at radius 1 is 1.16 bits per heavy atom. The molecule has 2 heterocycles. The van der Waals surface area contributed by atoms with E-state index in [1.165, 1.54) is 6.20 Å². The van der Waals surface area contributed by atoms with Gasteiger partial charge in [-0.25, -0.2) is 4.98 Å². The average Bonchev–Trinajstić information content (AvgIpc) is 2.63. The van der Waals surface area contributed by atoms with Crippen LogP contribution in [0.15, 0.2) is 6.20 Å². The second-order valence-electron chi connectivity index (χ2n) is 6.70. The van der Waals surface area contributed by atoms with Crippen LogP contribution in [0, 0.1) is 0 Å². The van der Waals surface area contributed by atoms with E-state index in [1.54, 1.807) is 7.11 Å². The van der Waals surface area contributed by atoms with Crippen LogP contribution < -0.4 is 16.4 Å². The fourth-order valence-electron chi connectivity index (χ4n) is 3.40. The summed E-state index contributed by atoms with van der Waals surface area (Å²) < 4.78 is 10.8. The molecule has 8 nitrogen and oxygen atoms in total. The Morgan fingerprint density at radius 3 is 2.48 bits per heavy atom. The van der Waals surface area contributed by atoms with E-state index in [0.717, 1.165) is 38.5 Å². The highest BCUT2D eigenvalue weighted by atomic mass is 16.5. The number of carbonyl (C=O) groups is 1. The van der Waals surface area contributed by atoms with Crippen molar-refractivity contribution < 1.29 is 14.3 Å². The van der Waals surface area contributed by atoms with E-state index >= 15 is 0 Å². The molecule has 1 aliphatic heterocycles. The van der Waals surface area contributed by atoms with E-state index in [2.05, 4.69) is 20.6 Å². The van der Waals surface area contributed by atoms with Crippen molar-refractivity contribution in [2.45, 2.75) is 56.7 Å². The molecule has 0 bridgehead atoms. The van der Waals surface area contributed by atoms with Gasteiger partial charge in [-0.05, 0) is 38.5 Å². The fourth-order valence-corrected chi connectivity index (χ4v) is 3.40. The molecule has 0 aromatic carbocycles. The number of aromatic nitrogens is 2. The lowest BCUT2D eigenvalue weighted by Crippen LogP contribution is -2.31. The van der Waals surface area contributed by atoms with Crippen LogP contribution in [-0.4, -0.2) is 54.4 Å². The largest absolute Gasteiger partial charge is 0.381 e. The van der Waals surface area contributed by atoms with Crippen molar-refractivity contribution in [1.82, 2.24) is 9.97 Å². The fraction of sp³-hybridized carbons (Fsp3) is 0.706. The van der Waals surface area contributed by atoms with E-state index < -0.39 is 5.91 Å². The van der Waals surface area contributed by atoms with Gasteiger partial charge in [0, 0.05) is 38.6 Å². The first-order valence-corrected chi connectivity index (χ1v) is 8.96. The van der Waals surface area contributed by atoms with Gasteiger partial charge >= 0.3 is 0 Å². The minimum atomic E-state index is -0.526. The molecular formula is C17H27N5O3. The van der Waals surface area contributed by atoms with Crippen LogP contribution >= 0.6 is 0 Å². The molecule has 1 saturated heterocycles. The summed E-state index contributed by atoms with van der Waals surface area (Å²) in [7, 11) is 1.76. The lowest BCUT2D eigenvalue weighted by atomic mass is 9.93. The van der Waals surface area contributed by atoms with E-state index in [9.17, 15) is 4.79 Å². The smallest absolute Gasteiger partial charge is 0.254 e. The first kappa shape index (κ1) is 17.9. The number of hydrogen-bond acceptors (Lipinski definition) is 7. The first-order chi connectivity index (χ1) is 12.2. The standard InChI is InChI=1S/C17H27N5O3/c1-24-13-4-2-11(3-5-13)21-17-19-10-14(15(18)23)16(22-17)20-12-6-8-25-9-7-12/h10-13H,2-9H2,1H3,(H2,18,23)(H2,19,20,21,22)/t11-,13-. The molecule has 4 N–H and O–H groups in total. The maximum atomic E-state index is 11.7. The molecule has 1 aromatic rings. The zero-order valence-electron chi connectivity index (χ0n) is 14.7. The Balaban J connectivity index is 1.68. The molecule has 0 radical (unpaired) electrons. The van der Waals surface area contributed by atoms with Crippen molar-refractivity contribution >= 4 is 17.7 Å². The molecule has 0 unspecified atom stereocenters. The number of primary amides is 1. The summed E-state index contributed by atoms with van der Waals surface area (Å²) in [5.74, 6) is 0.504. The van der Waals surface area contributed by atoms with Gasteiger partial charge in [0.05, 0.1) is 11.7 Å². The number of hydrogen-bond donors (Lipinski definition) is 3. The van der Waals surface area contributed by atoms with Gasteiger partial charge in [0.15, 0.2) is 0 Å². The predicted molar refractivity (Wildman–Crippen MR) is 94.7 cm³/mol. The number of anilines is 2. The summed E-state index contributed by atoms with van der Waals surface area (Å²) in [4.78, 5) is 20.5. The number of nitrogens with two attached hydrogens (primary N) is 1. The van der Waals surface area contributed by atoms with Crippen LogP contribution in [0.5, 0.6) is 0 Å². The third kappa shape index (κ3) is 4.79. The normalized spacial score (nSPS) is 24.7. The number of nitrogens with zero attached hydrogens (tertiary/aromatic N) is 2. The maximum Gasteiger partial charge on any atom is 0.254 e. The maximum absolute atomic E-state index is 11.7. The number of carbonyl (C=O) groups excluding carboxylic acids is 1. The summed E-state index contributed by atoms with van der Waals surface area (Å²) >= 11 is 0. The Morgan fingerprint density at radius 2 is 1.84 bits per heavy atom. The topological polar surface area (TPSA) is 111 Å². The van der Waals surface area contributed by atoms with E-state index in [0.29, 0.717) is 42.7 Å². The van der Waals surface area contributed by atoms with Crippen molar-refractivity contribution in [1.29, 1.82) is 0 Å². The van der Waals surface area contributed by atoms with Crippen molar-refractivity contribution in [3.05, 3.63) is 11.8 Å². The molecular weight excluding hydrogens is 322 g/mol. The molecule has 1 saturated carbocycles. The lowest BCUT2D eigenvalue weighted by molar-refractivity contribution is 0.0681. The van der Waals surface area contributed by atoms with E-state index in [-0.39, 0.29) is 6.04 Å². The lowest BCUT2D eigenvalue weighted by Gasteiger charge is -2.28. The monoisotopic (exact) mass is 349 g/mol. The van der Waals surface area contributed by atoms with Crippen LogP contribution in [-0.2, 0) is 9.47 Å². The second-order valence-corrected chi connectivity index (χ2v) is 6.70. The highest BCUT2D eigenvalue weighted by Gasteiger charge is 2.23. The highest BCUT2D eigenvalue weighted by molar-refractivity contribution is 5.97. The van der Waals surface area contributed by atoms with Gasteiger partial charge in [-0.15, -0.1) is 0 Å². The molecule has 3 rings (SSSR count). The Kier molecular flexibility index (Phi) is 6.04. The van der Waals surface area contributed by atoms with Crippen molar-refractivity contribution in [2.75, 3.05) is 31.0 Å². The summed E-state index contributed by atoms with van der Waals surface area (Å²) in [5.41, 5.74) is 5.79. The molecule has 2 fully saturated rings. The molecule has 138 valence electrons. The van der Waals surface area contributed by atoms with Gasteiger partial charge in [0.25, 0.3) is 5.91 Å². The number of rotatable bonds is 6. The third-order valence-electron chi connectivity index (χ3n) is 4.96. The second kappa shape index (κ2) is 8.44. The van der Waals surface area contributed by atoms with Gasteiger partial charge in [0.2, 0.25) is 5.95 Å². The predicted octanol–water partition coefficient (Wildman–Crippen LogP) is 1.54. The molecule has 2 aliphatic rings. The summed E-state index contributed by atoms with van der Waals surface area (Å²) in [6.07, 6.45) is 7.70. The molecule has 0 atom stereocenters. The minimum absolute atomic E-state index is 0.228. The summed E-state index contributed by atoms with van der Waals surface area (Å²) in [6, 6.07) is 0.550. The van der Waals surface area contributed by atoms with Crippen LogP contribution in [0.25, 0.3) is 0 Å². The Bertz CT molecular complexity index is 584. The Labute approximate surface area is 147 Å². The third-order valence-corrected chi connectivity index (χ3v) is 4.96. The number of nitrogens with one attached hydrogen (secondary N) is 2. The molecule has 8 heteroatoms. The van der Waals surface area contributed by atoms with Crippen molar-refractivity contribution in [2.24, 2.45) is 5.73 Å².